The van der Waals surface area contributed by atoms with Crippen LogP contribution in [0.1, 0.15) is 99.1 Å². The summed E-state index contributed by atoms with van der Waals surface area (Å²) in [6, 6.07) is 13.7. The fourth-order valence-electron chi connectivity index (χ4n) is 5.41. The molecule has 0 saturated carbocycles. The Morgan fingerprint density at radius 1 is 0.582 bits per heavy atom. The van der Waals surface area contributed by atoms with E-state index < -0.39 is 76.7 Å². The third kappa shape index (κ3) is 18.6. The molecule has 0 radical (unpaired) electrons. The van der Waals surface area contributed by atoms with Gasteiger partial charge in [-0.25, -0.2) is 14.4 Å². The first-order valence-corrected chi connectivity index (χ1v) is 18.7. The van der Waals surface area contributed by atoms with Crippen molar-refractivity contribution < 1.29 is 43.3 Å². The molecule has 55 heavy (non-hydrogen) atoms. The highest BCUT2D eigenvalue weighted by atomic mass is 16.6. The Morgan fingerprint density at radius 2 is 1.09 bits per heavy atom. The van der Waals surface area contributed by atoms with Gasteiger partial charge in [0, 0.05) is 13.0 Å². The van der Waals surface area contributed by atoms with Crippen molar-refractivity contribution in [2.24, 2.45) is 5.41 Å². The molecule has 304 valence electrons. The van der Waals surface area contributed by atoms with Gasteiger partial charge in [0.05, 0.1) is 0 Å². The number of hydrogen-bond donors (Lipinski definition) is 6. The van der Waals surface area contributed by atoms with Gasteiger partial charge in [0.2, 0.25) is 17.7 Å². The predicted octanol–water partition coefficient (Wildman–Crippen LogP) is 5.04. The van der Waals surface area contributed by atoms with Gasteiger partial charge < -0.3 is 41.2 Å². The highest BCUT2D eigenvalue weighted by Crippen LogP contribution is 2.21. The van der Waals surface area contributed by atoms with Crippen LogP contribution in [-0.2, 0) is 41.5 Å². The fraction of sp³-hybridized carbons (Fsp3) is 0.561. The topological polar surface area (TPSA) is 201 Å². The number of rotatable bonds is 18. The Kier molecular flexibility index (Phi) is 17.6. The zero-order valence-electron chi connectivity index (χ0n) is 33.7. The normalized spacial score (nSPS) is 13.9. The number of hydrogen-bond acceptors (Lipinski definition) is 8. The molecule has 0 spiro atoms. The molecule has 0 bridgehead atoms. The van der Waals surface area contributed by atoms with Crippen LogP contribution in [0, 0.1) is 5.41 Å². The van der Waals surface area contributed by atoms with E-state index in [1.165, 1.54) is 0 Å². The van der Waals surface area contributed by atoms with Crippen LogP contribution < -0.4 is 26.6 Å². The van der Waals surface area contributed by atoms with Gasteiger partial charge in [-0.2, -0.15) is 0 Å². The Bertz CT molecular complexity index is 1560. The summed E-state index contributed by atoms with van der Waals surface area (Å²) in [6.45, 7) is 15.8. The van der Waals surface area contributed by atoms with E-state index in [1.54, 1.807) is 86.6 Å². The van der Waals surface area contributed by atoms with Gasteiger partial charge in [0.15, 0.2) is 0 Å². The maximum Gasteiger partial charge on any atom is 0.408 e. The molecule has 0 unspecified atom stereocenters. The Labute approximate surface area is 325 Å². The molecule has 4 atom stereocenters. The highest BCUT2D eigenvalue weighted by molar-refractivity contribution is 5.95. The van der Waals surface area contributed by atoms with E-state index in [-0.39, 0.29) is 25.8 Å². The number of carbonyl (C=O) groups is 6. The molecule has 2 aromatic carbocycles. The average molecular weight is 768 g/mol. The lowest BCUT2D eigenvalue weighted by molar-refractivity contribution is -0.143. The Hall–Kier alpha value is -5.14. The SMILES string of the molecule is CC(C)(C)OC(=O)NCCCC[C@@H](NC(=O)[C@H](NC(=O)[C@@H](Cc1ccccc1)NC(=O)[C@@H](CCc1ccccc1)NC(=O)OC(C)(C)C)C(C)(C)C)C(=O)O. The molecule has 2 aromatic rings. The number of ether oxygens (including phenoxy) is 2. The lowest BCUT2D eigenvalue weighted by Gasteiger charge is -2.33. The number of alkyl carbamates (subject to hydrolysis) is 2. The van der Waals surface area contributed by atoms with Crippen LogP contribution in [0.4, 0.5) is 9.59 Å². The molecule has 0 heterocycles. The van der Waals surface area contributed by atoms with Crippen LogP contribution in [0.5, 0.6) is 0 Å². The van der Waals surface area contributed by atoms with E-state index >= 15 is 0 Å². The van der Waals surface area contributed by atoms with Crippen LogP contribution in [-0.4, -0.2) is 82.9 Å². The largest absolute Gasteiger partial charge is 0.480 e. The van der Waals surface area contributed by atoms with Gasteiger partial charge in [0.1, 0.15) is 35.4 Å². The molecular formula is C41H61N5O9. The number of aryl methyl sites for hydroxylation is 1. The number of carbonyl (C=O) groups excluding carboxylic acids is 5. The first-order chi connectivity index (χ1) is 25.5. The van der Waals surface area contributed by atoms with Gasteiger partial charge in [-0.3, -0.25) is 14.4 Å². The van der Waals surface area contributed by atoms with E-state index in [2.05, 4.69) is 26.6 Å². The maximum absolute atomic E-state index is 14.1. The Balaban J connectivity index is 2.25. The number of carboxylic acid groups (broad SMARTS) is 1. The number of unbranched alkanes of at least 4 members (excludes halogenated alkanes) is 1. The molecule has 14 nitrogen and oxygen atoms in total. The molecule has 2 rings (SSSR count). The standard InChI is InChI=1S/C41H61N5O9/c1-39(2,3)32(35(49)43-30(36(50)51)22-16-17-25-42-37(52)54-40(4,5)6)46-34(48)31(26-28-20-14-11-15-21-28)44-33(47)29(45-38(53)55-41(7,8)9)24-23-27-18-12-10-13-19-27/h10-15,18-21,29-32H,16-17,22-26H2,1-9H3,(H,42,52)(H,43,49)(H,44,47)(H,45,53)(H,46,48)(H,50,51)/t29-,30-,31-,32+/m1/s1. The van der Waals surface area contributed by atoms with Gasteiger partial charge in [0.25, 0.3) is 0 Å². The van der Waals surface area contributed by atoms with E-state index in [0.29, 0.717) is 19.3 Å². The number of carboxylic acids is 1. The zero-order chi connectivity index (χ0) is 41.4. The summed E-state index contributed by atoms with van der Waals surface area (Å²) >= 11 is 0. The van der Waals surface area contributed by atoms with Crippen LogP contribution in [0.25, 0.3) is 0 Å². The third-order valence-corrected chi connectivity index (χ3v) is 8.10. The summed E-state index contributed by atoms with van der Waals surface area (Å²) in [5.74, 6) is -3.26. The molecule has 0 aromatic heterocycles. The lowest BCUT2D eigenvalue weighted by Crippen LogP contribution is -2.61. The number of nitrogens with one attached hydrogen (secondary N) is 5. The summed E-state index contributed by atoms with van der Waals surface area (Å²) < 4.78 is 10.6. The molecule has 0 aliphatic heterocycles. The van der Waals surface area contributed by atoms with Crippen LogP contribution in [0.2, 0.25) is 0 Å². The van der Waals surface area contributed by atoms with Crippen molar-refractivity contribution in [3.05, 3.63) is 71.8 Å². The summed E-state index contributed by atoms with van der Waals surface area (Å²) in [4.78, 5) is 78.6. The lowest BCUT2D eigenvalue weighted by atomic mass is 9.85. The minimum absolute atomic E-state index is 0.0593. The van der Waals surface area contributed by atoms with Gasteiger partial charge >= 0.3 is 18.2 Å². The van der Waals surface area contributed by atoms with E-state index in [0.717, 1.165) is 11.1 Å². The van der Waals surface area contributed by atoms with Crippen LogP contribution >= 0.6 is 0 Å². The fourth-order valence-corrected chi connectivity index (χ4v) is 5.41. The third-order valence-electron chi connectivity index (χ3n) is 8.10. The quantitative estimate of drug-likeness (QED) is 0.113. The van der Waals surface area contributed by atoms with Crippen molar-refractivity contribution in [2.45, 2.75) is 136 Å². The zero-order valence-corrected chi connectivity index (χ0v) is 33.7. The van der Waals surface area contributed by atoms with E-state index in [9.17, 15) is 33.9 Å². The van der Waals surface area contributed by atoms with Crippen molar-refractivity contribution >= 4 is 35.9 Å². The van der Waals surface area contributed by atoms with Gasteiger partial charge in [-0.1, -0.05) is 81.4 Å². The van der Waals surface area contributed by atoms with Gasteiger partial charge in [-0.05, 0) is 90.2 Å². The molecule has 5 amide bonds. The van der Waals surface area contributed by atoms with Gasteiger partial charge in [-0.15, -0.1) is 0 Å². The monoisotopic (exact) mass is 767 g/mol. The predicted molar refractivity (Wildman–Crippen MR) is 209 cm³/mol. The van der Waals surface area contributed by atoms with Crippen molar-refractivity contribution in [3.63, 3.8) is 0 Å². The molecule has 0 saturated heterocycles. The van der Waals surface area contributed by atoms with Crippen molar-refractivity contribution in [3.8, 4) is 0 Å². The number of benzene rings is 2. The molecule has 6 N–H and O–H groups in total. The first kappa shape index (κ1) is 46.0. The average Bonchev–Trinajstić information content (AvgIpc) is 3.06. The minimum Gasteiger partial charge on any atom is -0.480 e. The minimum atomic E-state index is -1.26. The Morgan fingerprint density at radius 3 is 1.62 bits per heavy atom. The van der Waals surface area contributed by atoms with Crippen LogP contribution in [0.3, 0.4) is 0 Å². The molecule has 0 aliphatic rings. The van der Waals surface area contributed by atoms with Crippen molar-refractivity contribution in [1.82, 2.24) is 26.6 Å². The number of amides is 5. The smallest absolute Gasteiger partial charge is 0.408 e. The molecule has 0 fully saturated rings. The molecular weight excluding hydrogens is 706 g/mol. The van der Waals surface area contributed by atoms with Crippen molar-refractivity contribution in [2.75, 3.05) is 6.54 Å². The van der Waals surface area contributed by atoms with Crippen LogP contribution in [0.15, 0.2) is 60.7 Å². The highest BCUT2D eigenvalue weighted by Gasteiger charge is 2.37. The van der Waals surface area contributed by atoms with Crippen molar-refractivity contribution in [1.29, 1.82) is 0 Å². The first-order valence-electron chi connectivity index (χ1n) is 18.7. The maximum atomic E-state index is 14.1. The second kappa shape index (κ2) is 21.1. The summed E-state index contributed by atoms with van der Waals surface area (Å²) in [5, 5.41) is 23.3. The summed E-state index contributed by atoms with van der Waals surface area (Å²) in [6.07, 6.45) is 0.219. The van der Waals surface area contributed by atoms with E-state index in [4.69, 9.17) is 9.47 Å². The number of aliphatic carboxylic acids is 1. The summed E-state index contributed by atoms with van der Waals surface area (Å²) in [7, 11) is 0. The van der Waals surface area contributed by atoms with E-state index in [1.807, 2.05) is 36.4 Å². The summed E-state index contributed by atoms with van der Waals surface area (Å²) in [5.41, 5.74) is -0.674. The second-order valence-corrected chi connectivity index (χ2v) is 16.6. The molecule has 14 heteroatoms. The molecule has 0 aliphatic carbocycles. The second-order valence-electron chi connectivity index (χ2n) is 16.6.